The molecule has 12 heteroatoms. The van der Waals surface area contributed by atoms with Gasteiger partial charge in [0.25, 0.3) is 5.54 Å². The van der Waals surface area contributed by atoms with Crippen LogP contribution in [0.15, 0.2) is 11.8 Å². The number of hydrogen-bond acceptors (Lipinski definition) is 6. The number of nitrogens with zero attached hydrogens (tertiary/aromatic N) is 3. The smallest absolute Gasteiger partial charge is 0.422 e. The molecule has 8 nitrogen and oxygen atoms in total. The quantitative estimate of drug-likeness (QED) is 0.372. The zero-order valence-electron chi connectivity index (χ0n) is 12.4. The first-order chi connectivity index (χ1) is 11.0. The number of rotatable bonds is 6. The van der Waals surface area contributed by atoms with Crippen molar-refractivity contribution >= 4 is 15.9 Å². The minimum atomic E-state index is -4.63. The highest BCUT2D eigenvalue weighted by Crippen LogP contribution is 2.43. The Bertz CT molecular complexity index is 573. The van der Waals surface area contributed by atoms with Gasteiger partial charge in [-0.1, -0.05) is 15.9 Å². The van der Waals surface area contributed by atoms with Gasteiger partial charge in [0.1, 0.15) is 5.76 Å². The summed E-state index contributed by atoms with van der Waals surface area (Å²) < 4.78 is 41.6. The van der Waals surface area contributed by atoms with Gasteiger partial charge < -0.3 is 4.74 Å². The highest BCUT2D eigenvalue weighted by atomic mass is 79.9. The molecule has 0 aromatic rings. The van der Waals surface area contributed by atoms with Crippen LogP contribution in [0.3, 0.4) is 0 Å². The van der Waals surface area contributed by atoms with Gasteiger partial charge in [0.15, 0.2) is 6.61 Å². The zero-order chi connectivity index (χ0) is 18.2. The maximum atomic E-state index is 12.3. The van der Waals surface area contributed by atoms with Crippen LogP contribution in [-0.2, 0) is 4.74 Å². The van der Waals surface area contributed by atoms with Gasteiger partial charge in [-0.3, -0.25) is 25.1 Å². The van der Waals surface area contributed by atoms with Crippen LogP contribution in [0, 0.1) is 20.2 Å². The summed E-state index contributed by atoms with van der Waals surface area (Å²) in [5.74, 6) is -0.342. The second-order valence-electron chi connectivity index (χ2n) is 6.11. The van der Waals surface area contributed by atoms with Crippen LogP contribution in [0.25, 0.3) is 0 Å². The first kappa shape index (κ1) is 18.9. The zero-order valence-corrected chi connectivity index (χ0v) is 14.0. The molecule has 1 aliphatic carbocycles. The molecule has 24 heavy (non-hydrogen) atoms. The van der Waals surface area contributed by atoms with E-state index < -0.39 is 40.1 Å². The number of piperidine rings is 1. The summed E-state index contributed by atoms with van der Waals surface area (Å²) in [6, 6.07) is 0. The summed E-state index contributed by atoms with van der Waals surface area (Å²) in [5.41, 5.74) is -3.56. The number of fused-ring (bicyclic) bond motifs is 2. The number of ether oxygens (including phenoxy) is 1. The fourth-order valence-electron chi connectivity index (χ4n) is 3.34. The summed E-state index contributed by atoms with van der Waals surface area (Å²) in [7, 11) is 0. The fraction of sp³-hybridized carbons (Fsp3) is 0.833. The third-order valence-electron chi connectivity index (χ3n) is 4.16. The molecule has 0 unspecified atom stereocenters. The van der Waals surface area contributed by atoms with Crippen LogP contribution >= 0.6 is 15.9 Å². The molecule has 1 heterocycles. The minimum Gasteiger partial charge on any atom is -0.488 e. The van der Waals surface area contributed by atoms with Crippen LogP contribution in [0.1, 0.15) is 12.8 Å². The van der Waals surface area contributed by atoms with Gasteiger partial charge in [0.05, 0.1) is 25.9 Å². The standard InChI is InChI=1S/C12H15BrF3N3O5/c13-1-2-17-6-10(18(20)21)3-9(24-8-12(14,15)16)4-11(5-10,7-17)19(22)23/h3H,1-2,4-8H2/t10-,11+/m1/s1. The highest BCUT2D eigenvalue weighted by Gasteiger charge is 2.64. The van der Waals surface area contributed by atoms with E-state index in [0.29, 0.717) is 11.9 Å². The lowest BCUT2D eigenvalue weighted by Gasteiger charge is -2.44. The first-order valence-corrected chi connectivity index (χ1v) is 8.13. The molecule has 1 fully saturated rings. The third-order valence-corrected chi connectivity index (χ3v) is 4.51. The molecule has 0 N–H and O–H groups in total. The van der Waals surface area contributed by atoms with E-state index in [9.17, 15) is 33.4 Å². The molecule has 136 valence electrons. The summed E-state index contributed by atoms with van der Waals surface area (Å²) in [6.07, 6.45) is -4.37. The Morgan fingerprint density at radius 3 is 2.46 bits per heavy atom. The van der Waals surface area contributed by atoms with Crippen molar-refractivity contribution in [1.29, 1.82) is 0 Å². The topological polar surface area (TPSA) is 98.8 Å². The van der Waals surface area contributed by atoms with Gasteiger partial charge in [-0.05, 0) is 0 Å². The van der Waals surface area contributed by atoms with Crippen LogP contribution < -0.4 is 0 Å². The summed E-state index contributed by atoms with van der Waals surface area (Å²) in [5, 5.41) is 23.6. The molecule has 0 amide bonds. The SMILES string of the molecule is O=[N+]([O-])[C@@]12C=C(OCC(F)(F)F)C[C@@]([N+](=O)[O-])(CN(CCBr)C1)C2. The Morgan fingerprint density at radius 2 is 1.96 bits per heavy atom. The van der Waals surface area contributed by atoms with E-state index in [1.165, 1.54) is 0 Å². The predicted octanol–water partition coefficient (Wildman–Crippen LogP) is 1.98. The second-order valence-corrected chi connectivity index (χ2v) is 6.90. The van der Waals surface area contributed by atoms with Gasteiger partial charge in [-0.25, -0.2) is 0 Å². The number of likely N-dealkylation sites (tertiary alicyclic amines) is 1. The number of halogens is 4. The molecule has 0 saturated carbocycles. The molecule has 0 aromatic heterocycles. The molecule has 0 radical (unpaired) electrons. The minimum absolute atomic E-state index is 0.0755. The molecule has 0 aromatic carbocycles. The fourth-order valence-corrected chi connectivity index (χ4v) is 3.84. The Morgan fingerprint density at radius 1 is 1.29 bits per heavy atom. The monoisotopic (exact) mass is 417 g/mol. The van der Waals surface area contributed by atoms with Crippen molar-refractivity contribution in [3.05, 3.63) is 32.1 Å². The van der Waals surface area contributed by atoms with Crippen molar-refractivity contribution in [1.82, 2.24) is 4.90 Å². The summed E-state index contributed by atoms with van der Waals surface area (Å²) in [4.78, 5) is 23.4. The Kier molecular flexibility index (Phi) is 5.09. The largest absolute Gasteiger partial charge is 0.488 e. The molecule has 0 spiro atoms. The van der Waals surface area contributed by atoms with Crippen molar-refractivity contribution in [2.45, 2.75) is 30.1 Å². The van der Waals surface area contributed by atoms with E-state index in [1.54, 1.807) is 4.90 Å². The molecule has 2 bridgehead atoms. The van der Waals surface area contributed by atoms with Crippen molar-refractivity contribution in [3.63, 3.8) is 0 Å². The van der Waals surface area contributed by atoms with E-state index >= 15 is 0 Å². The molecule has 1 saturated heterocycles. The molecule has 2 atom stereocenters. The predicted molar refractivity (Wildman–Crippen MR) is 79.0 cm³/mol. The van der Waals surface area contributed by atoms with Crippen molar-refractivity contribution in [3.8, 4) is 0 Å². The molecule has 2 rings (SSSR count). The van der Waals surface area contributed by atoms with E-state index in [0.717, 1.165) is 6.08 Å². The Hall–Kier alpha value is -1.43. The lowest BCUT2D eigenvalue weighted by atomic mass is 9.71. The summed E-state index contributed by atoms with van der Waals surface area (Å²) >= 11 is 3.19. The van der Waals surface area contributed by atoms with E-state index in [2.05, 4.69) is 20.7 Å². The molecular formula is C12H15BrF3N3O5. The molecular weight excluding hydrogens is 403 g/mol. The highest BCUT2D eigenvalue weighted by molar-refractivity contribution is 9.09. The van der Waals surface area contributed by atoms with Crippen LogP contribution in [0.2, 0.25) is 0 Å². The van der Waals surface area contributed by atoms with E-state index in [1.807, 2.05) is 0 Å². The summed E-state index contributed by atoms with van der Waals surface area (Å²) in [6.45, 7) is -1.46. The molecule has 1 aliphatic heterocycles. The number of nitro groups is 2. The third kappa shape index (κ3) is 3.79. The van der Waals surface area contributed by atoms with Crippen molar-refractivity contribution < 1.29 is 27.8 Å². The van der Waals surface area contributed by atoms with E-state index in [-0.39, 0.29) is 25.3 Å². The Labute approximate surface area is 143 Å². The Balaban J connectivity index is 2.39. The van der Waals surface area contributed by atoms with Crippen LogP contribution in [0.5, 0.6) is 0 Å². The van der Waals surface area contributed by atoms with Crippen molar-refractivity contribution in [2.24, 2.45) is 0 Å². The first-order valence-electron chi connectivity index (χ1n) is 7.01. The maximum absolute atomic E-state index is 12.3. The number of alkyl halides is 4. The van der Waals surface area contributed by atoms with Gasteiger partial charge in [0.2, 0.25) is 5.54 Å². The van der Waals surface area contributed by atoms with Crippen molar-refractivity contribution in [2.75, 3.05) is 31.6 Å². The maximum Gasteiger partial charge on any atom is 0.422 e. The molecule has 2 aliphatic rings. The van der Waals surface area contributed by atoms with Gasteiger partial charge in [-0.2, -0.15) is 13.2 Å². The lowest BCUT2D eigenvalue weighted by molar-refractivity contribution is -0.620. The second kappa shape index (κ2) is 6.47. The normalized spacial score (nSPS) is 30.6. The van der Waals surface area contributed by atoms with Gasteiger partial charge >= 0.3 is 6.18 Å². The lowest BCUT2D eigenvalue weighted by Crippen LogP contribution is -2.66. The van der Waals surface area contributed by atoms with E-state index in [4.69, 9.17) is 0 Å². The van der Waals surface area contributed by atoms with Crippen LogP contribution in [-0.4, -0.2) is 63.6 Å². The number of hydrogen-bond donors (Lipinski definition) is 0. The average Bonchev–Trinajstić information content (AvgIpc) is 2.43. The van der Waals surface area contributed by atoms with Gasteiger partial charge in [-0.15, -0.1) is 0 Å². The van der Waals surface area contributed by atoms with Gasteiger partial charge in [0, 0.05) is 27.8 Å². The van der Waals surface area contributed by atoms with Crippen LogP contribution in [0.4, 0.5) is 13.2 Å². The average molecular weight is 418 g/mol.